The second-order valence-electron chi connectivity index (χ2n) is 3.72. The predicted octanol–water partition coefficient (Wildman–Crippen LogP) is 1.89. The van der Waals surface area contributed by atoms with Crippen LogP contribution in [-0.4, -0.2) is 18.6 Å². The van der Waals surface area contributed by atoms with Gasteiger partial charge in [0.25, 0.3) is 0 Å². The van der Waals surface area contributed by atoms with Crippen LogP contribution in [0.2, 0.25) is 0 Å². The lowest BCUT2D eigenvalue weighted by atomic mass is 10.0. The third kappa shape index (κ3) is 2.36. The Labute approximate surface area is 89.4 Å². The molecule has 1 radical (unpaired) electrons. The zero-order valence-corrected chi connectivity index (χ0v) is 8.69. The van der Waals surface area contributed by atoms with Crippen molar-refractivity contribution in [3.05, 3.63) is 29.8 Å². The molecule has 1 aromatic carbocycles. The molecule has 0 saturated carbocycles. The molecule has 2 unspecified atom stereocenters. The van der Waals surface area contributed by atoms with E-state index in [1.54, 1.807) is 6.92 Å². The summed E-state index contributed by atoms with van der Waals surface area (Å²) in [6.45, 7) is 1.70. The van der Waals surface area contributed by atoms with E-state index in [1.165, 1.54) is 5.56 Å². The molecule has 1 aliphatic rings. The molecule has 3 nitrogen and oxygen atoms in total. The van der Waals surface area contributed by atoms with E-state index in [2.05, 4.69) is 11.4 Å². The highest BCUT2D eigenvalue weighted by atomic mass is 16.5. The zero-order valence-electron chi connectivity index (χ0n) is 8.69. The van der Waals surface area contributed by atoms with E-state index in [1.807, 2.05) is 24.5 Å². The lowest BCUT2D eigenvalue weighted by Gasteiger charge is -2.27. The molecular formula is C12H14NO2. The summed E-state index contributed by atoms with van der Waals surface area (Å²) >= 11 is 0. The highest BCUT2D eigenvalue weighted by molar-refractivity contribution is 5.57. The van der Waals surface area contributed by atoms with E-state index >= 15 is 0 Å². The van der Waals surface area contributed by atoms with Crippen LogP contribution >= 0.6 is 0 Å². The SMILES string of the molecule is CC([C]=O)OC1CCc2ccccc2N1. The van der Waals surface area contributed by atoms with Gasteiger partial charge in [-0.2, -0.15) is 0 Å². The standard InChI is InChI=1S/C12H14NO2/c1-9(8-14)15-12-7-6-10-4-2-3-5-11(10)13-12/h2-5,9,12-13H,6-7H2,1H3. The van der Waals surface area contributed by atoms with Crippen LogP contribution in [0.15, 0.2) is 24.3 Å². The van der Waals surface area contributed by atoms with E-state index in [-0.39, 0.29) is 6.23 Å². The first-order chi connectivity index (χ1) is 7.29. The average molecular weight is 204 g/mol. The van der Waals surface area contributed by atoms with Crippen LogP contribution in [0.4, 0.5) is 5.69 Å². The fraction of sp³-hybridized carbons (Fsp3) is 0.417. The Balaban J connectivity index is 2.02. The monoisotopic (exact) mass is 204 g/mol. The molecule has 0 fully saturated rings. The van der Waals surface area contributed by atoms with E-state index < -0.39 is 6.10 Å². The van der Waals surface area contributed by atoms with Crippen LogP contribution in [0.3, 0.4) is 0 Å². The van der Waals surface area contributed by atoms with Crippen molar-refractivity contribution in [3.8, 4) is 0 Å². The summed E-state index contributed by atoms with van der Waals surface area (Å²) < 4.78 is 5.46. The normalized spacial score (nSPS) is 21.3. The Kier molecular flexibility index (Phi) is 3.02. The first-order valence-corrected chi connectivity index (χ1v) is 5.17. The number of ether oxygens (including phenoxy) is 1. The van der Waals surface area contributed by atoms with Gasteiger partial charge in [-0.1, -0.05) is 18.2 Å². The molecule has 0 amide bonds. The molecule has 1 heterocycles. The van der Waals surface area contributed by atoms with Crippen molar-refractivity contribution >= 4 is 12.0 Å². The quantitative estimate of drug-likeness (QED) is 0.817. The van der Waals surface area contributed by atoms with Gasteiger partial charge < -0.3 is 10.1 Å². The summed E-state index contributed by atoms with van der Waals surface area (Å²) in [5, 5.41) is 3.26. The maximum absolute atomic E-state index is 10.3. The molecule has 2 rings (SSSR count). The fourth-order valence-electron chi connectivity index (χ4n) is 1.79. The second kappa shape index (κ2) is 4.45. The summed E-state index contributed by atoms with van der Waals surface area (Å²) in [6, 6.07) is 8.15. The second-order valence-corrected chi connectivity index (χ2v) is 3.72. The molecule has 0 spiro atoms. The molecule has 15 heavy (non-hydrogen) atoms. The number of nitrogens with one attached hydrogen (secondary N) is 1. The van der Waals surface area contributed by atoms with Gasteiger partial charge in [0, 0.05) is 5.69 Å². The van der Waals surface area contributed by atoms with Crippen LogP contribution in [-0.2, 0) is 16.0 Å². The van der Waals surface area contributed by atoms with Crippen molar-refractivity contribution in [1.82, 2.24) is 0 Å². The van der Waals surface area contributed by atoms with Gasteiger partial charge in [-0.3, -0.25) is 4.79 Å². The summed E-state index contributed by atoms with van der Waals surface area (Å²) in [5.41, 5.74) is 2.41. The van der Waals surface area contributed by atoms with Crippen LogP contribution < -0.4 is 5.32 Å². The molecule has 0 aromatic heterocycles. The minimum Gasteiger partial charge on any atom is -0.360 e. The van der Waals surface area contributed by atoms with Crippen molar-refractivity contribution in [3.63, 3.8) is 0 Å². The smallest absolute Gasteiger partial charge is 0.229 e. The van der Waals surface area contributed by atoms with E-state index in [0.29, 0.717) is 0 Å². The van der Waals surface area contributed by atoms with Crippen molar-refractivity contribution < 1.29 is 9.53 Å². The first kappa shape index (κ1) is 10.2. The Morgan fingerprint density at radius 2 is 2.33 bits per heavy atom. The predicted molar refractivity (Wildman–Crippen MR) is 58.4 cm³/mol. The van der Waals surface area contributed by atoms with Crippen LogP contribution in [0, 0.1) is 0 Å². The van der Waals surface area contributed by atoms with Crippen molar-refractivity contribution in [1.29, 1.82) is 0 Å². The van der Waals surface area contributed by atoms with Gasteiger partial charge in [0.05, 0.1) is 0 Å². The Hall–Kier alpha value is -1.35. The summed E-state index contributed by atoms with van der Waals surface area (Å²) in [5.74, 6) is 0. The Morgan fingerprint density at radius 1 is 1.53 bits per heavy atom. The molecule has 79 valence electrons. The van der Waals surface area contributed by atoms with Gasteiger partial charge in [-0.05, 0) is 31.4 Å². The molecule has 3 heteroatoms. The van der Waals surface area contributed by atoms with Crippen LogP contribution in [0.5, 0.6) is 0 Å². The van der Waals surface area contributed by atoms with Crippen LogP contribution in [0.1, 0.15) is 18.9 Å². The molecule has 1 N–H and O–H groups in total. The number of rotatable bonds is 3. The minimum absolute atomic E-state index is 0.0728. The summed E-state index contributed by atoms with van der Waals surface area (Å²) in [7, 11) is 0. The maximum Gasteiger partial charge on any atom is 0.229 e. The van der Waals surface area contributed by atoms with Gasteiger partial charge in [-0.25, -0.2) is 0 Å². The van der Waals surface area contributed by atoms with Gasteiger partial charge >= 0.3 is 0 Å². The number of hydrogen-bond acceptors (Lipinski definition) is 3. The minimum atomic E-state index is -0.465. The zero-order chi connectivity index (χ0) is 10.7. The van der Waals surface area contributed by atoms with Crippen molar-refractivity contribution in [2.24, 2.45) is 0 Å². The number of fused-ring (bicyclic) bond motifs is 1. The number of carbonyl (C=O) groups excluding carboxylic acids is 1. The van der Waals surface area contributed by atoms with Gasteiger partial charge in [-0.15, -0.1) is 0 Å². The topological polar surface area (TPSA) is 38.3 Å². The lowest BCUT2D eigenvalue weighted by Crippen LogP contribution is -2.31. The number of hydrogen-bond donors (Lipinski definition) is 1. The van der Waals surface area contributed by atoms with Gasteiger partial charge in [0.15, 0.2) is 0 Å². The number of para-hydroxylation sites is 1. The number of benzene rings is 1. The largest absolute Gasteiger partial charge is 0.360 e. The van der Waals surface area contributed by atoms with Gasteiger partial charge in [0.1, 0.15) is 12.3 Å². The number of anilines is 1. The molecule has 2 atom stereocenters. The summed E-state index contributed by atoms with van der Waals surface area (Å²) in [4.78, 5) is 10.3. The summed E-state index contributed by atoms with van der Waals surface area (Å²) in [6.07, 6.45) is 3.16. The maximum atomic E-state index is 10.3. The molecule has 0 saturated heterocycles. The Morgan fingerprint density at radius 3 is 3.13 bits per heavy atom. The molecule has 1 aromatic rings. The molecule has 0 bridgehead atoms. The first-order valence-electron chi connectivity index (χ1n) is 5.17. The van der Waals surface area contributed by atoms with Crippen LogP contribution in [0.25, 0.3) is 0 Å². The van der Waals surface area contributed by atoms with E-state index in [9.17, 15) is 4.79 Å². The Bertz CT molecular complexity index is 351. The third-order valence-electron chi connectivity index (χ3n) is 2.54. The fourth-order valence-corrected chi connectivity index (χ4v) is 1.79. The average Bonchev–Trinajstić information content (AvgIpc) is 2.29. The van der Waals surface area contributed by atoms with E-state index in [0.717, 1.165) is 18.5 Å². The molecular weight excluding hydrogens is 190 g/mol. The van der Waals surface area contributed by atoms with Crippen molar-refractivity contribution in [2.75, 3.05) is 5.32 Å². The third-order valence-corrected chi connectivity index (χ3v) is 2.54. The molecule has 1 aliphatic heterocycles. The number of aryl methyl sites for hydroxylation is 1. The highest BCUT2D eigenvalue weighted by Crippen LogP contribution is 2.24. The highest BCUT2D eigenvalue weighted by Gasteiger charge is 2.19. The van der Waals surface area contributed by atoms with E-state index in [4.69, 9.17) is 4.74 Å². The lowest BCUT2D eigenvalue weighted by molar-refractivity contribution is 0.0419. The van der Waals surface area contributed by atoms with Crippen molar-refractivity contribution in [2.45, 2.75) is 32.1 Å². The van der Waals surface area contributed by atoms with Gasteiger partial charge in [0.2, 0.25) is 6.29 Å². The molecule has 0 aliphatic carbocycles.